The average molecular weight is 227 g/mol. The van der Waals surface area contributed by atoms with Crippen molar-refractivity contribution in [2.24, 2.45) is 5.73 Å². The molecule has 0 radical (unpaired) electrons. The van der Waals surface area contributed by atoms with Crippen LogP contribution in [0.5, 0.6) is 5.75 Å². The van der Waals surface area contributed by atoms with Gasteiger partial charge in [-0.3, -0.25) is 5.41 Å². The van der Waals surface area contributed by atoms with Crippen LogP contribution < -0.4 is 10.5 Å². The Hall–Kier alpha value is -1.22. The van der Waals surface area contributed by atoms with Crippen LogP contribution in [0.3, 0.4) is 0 Å². The molecule has 0 fully saturated rings. The van der Waals surface area contributed by atoms with Gasteiger partial charge in [-0.15, -0.1) is 0 Å². The van der Waals surface area contributed by atoms with Crippen molar-refractivity contribution in [2.75, 3.05) is 6.61 Å². The normalized spacial score (nSPS) is 10.1. The van der Waals surface area contributed by atoms with Crippen molar-refractivity contribution in [1.82, 2.24) is 0 Å². The minimum absolute atomic E-state index is 0.138. The smallest absolute Gasteiger partial charge is 0.125 e. The largest absolute Gasteiger partial charge is 0.493 e. The summed E-state index contributed by atoms with van der Waals surface area (Å²) in [5.41, 5.74) is 7.25. The third-order valence-electron chi connectivity index (χ3n) is 2.04. The number of aryl methyl sites for hydroxylation is 2. The van der Waals surface area contributed by atoms with Gasteiger partial charge in [0.15, 0.2) is 0 Å². The molecule has 4 heteroatoms. The molecule has 1 aromatic rings. The van der Waals surface area contributed by atoms with Crippen LogP contribution in [0.4, 0.5) is 0 Å². The fourth-order valence-electron chi connectivity index (χ4n) is 1.39. The zero-order valence-corrected chi connectivity index (χ0v) is 9.69. The fraction of sp³-hybridized carbons (Fsp3) is 0.364. The molecular weight excluding hydrogens is 212 g/mol. The molecule has 0 aliphatic rings. The van der Waals surface area contributed by atoms with Crippen LogP contribution in [0.15, 0.2) is 12.1 Å². The van der Waals surface area contributed by atoms with Crippen LogP contribution in [0.1, 0.15) is 17.5 Å². The molecule has 0 amide bonds. The molecule has 3 N–H and O–H groups in total. The van der Waals surface area contributed by atoms with E-state index in [4.69, 9.17) is 27.5 Å². The van der Waals surface area contributed by atoms with Crippen LogP contribution in [0.25, 0.3) is 0 Å². The van der Waals surface area contributed by atoms with Gasteiger partial charge in [-0.05, 0) is 37.1 Å². The molecule has 0 bridgehead atoms. The fourth-order valence-corrected chi connectivity index (χ4v) is 1.72. The highest BCUT2D eigenvalue weighted by molar-refractivity contribution is 6.30. The quantitative estimate of drug-likeness (QED) is 0.613. The molecular formula is C11H15ClN2O. The van der Waals surface area contributed by atoms with Crippen molar-refractivity contribution < 1.29 is 4.74 Å². The third kappa shape index (κ3) is 3.44. The highest BCUT2D eigenvalue weighted by Crippen LogP contribution is 2.26. The number of nitrogens with two attached hydrogens (primary N) is 1. The van der Waals surface area contributed by atoms with E-state index < -0.39 is 0 Å². The van der Waals surface area contributed by atoms with E-state index in [9.17, 15) is 0 Å². The van der Waals surface area contributed by atoms with Crippen LogP contribution in [-0.4, -0.2) is 12.4 Å². The lowest BCUT2D eigenvalue weighted by Crippen LogP contribution is -2.14. The average Bonchev–Trinajstić information content (AvgIpc) is 2.08. The number of hydrogen-bond acceptors (Lipinski definition) is 2. The summed E-state index contributed by atoms with van der Waals surface area (Å²) < 4.78 is 5.55. The van der Waals surface area contributed by atoms with E-state index in [1.165, 1.54) is 0 Å². The van der Waals surface area contributed by atoms with Crippen LogP contribution in [0, 0.1) is 19.3 Å². The van der Waals surface area contributed by atoms with Crippen LogP contribution in [-0.2, 0) is 0 Å². The summed E-state index contributed by atoms with van der Waals surface area (Å²) >= 11 is 5.90. The number of ether oxygens (including phenoxy) is 1. The third-order valence-corrected chi connectivity index (χ3v) is 2.26. The van der Waals surface area contributed by atoms with Gasteiger partial charge in [-0.1, -0.05) is 11.6 Å². The van der Waals surface area contributed by atoms with Gasteiger partial charge in [0.2, 0.25) is 0 Å². The zero-order valence-electron chi connectivity index (χ0n) is 8.93. The lowest BCUT2D eigenvalue weighted by atomic mass is 10.1. The van der Waals surface area contributed by atoms with E-state index in [1.54, 1.807) is 0 Å². The van der Waals surface area contributed by atoms with Gasteiger partial charge in [0.25, 0.3) is 0 Å². The molecule has 0 saturated carbocycles. The van der Waals surface area contributed by atoms with Crippen molar-refractivity contribution in [3.63, 3.8) is 0 Å². The Labute approximate surface area is 94.7 Å². The van der Waals surface area contributed by atoms with E-state index >= 15 is 0 Å². The van der Waals surface area contributed by atoms with E-state index in [0.29, 0.717) is 18.1 Å². The maximum Gasteiger partial charge on any atom is 0.125 e. The second-order valence-electron chi connectivity index (χ2n) is 3.49. The number of hydrogen-bond donors (Lipinski definition) is 2. The summed E-state index contributed by atoms with van der Waals surface area (Å²) in [5, 5.41) is 7.79. The Balaban J connectivity index is 2.72. The monoisotopic (exact) mass is 226 g/mol. The van der Waals surface area contributed by atoms with Gasteiger partial charge in [0.1, 0.15) is 5.75 Å². The van der Waals surface area contributed by atoms with Gasteiger partial charge >= 0.3 is 0 Å². The highest BCUT2D eigenvalue weighted by atomic mass is 35.5. The molecule has 15 heavy (non-hydrogen) atoms. The van der Waals surface area contributed by atoms with Gasteiger partial charge in [0.05, 0.1) is 12.4 Å². The van der Waals surface area contributed by atoms with Crippen molar-refractivity contribution in [2.45, 2.75) is 20.3 Å². The molecule has 0 saturated heterocycles. The molecule has 0 aliphatic heterocycles. The first kappa shape index (κ1) is 11.9. The summed E-state index contributed by atoms with van der Waals surface area (Å²) in [7, 11) is 0. The van der Waals surface area contributed by atoms with Gasteiger partial charge in [-0.2, -0.15) is 0 Å². The lowest BCUT2D eigenvalue weighted by Gasteiger charge is -2.12. The molecule has 3 nitrogen and oxygen atoms in total. The number of nitrogens with one attached hydrogen (secondary N) is 1. The Morgan fingerprint density at radius 1 is 1.40 bits per heavy atom. The molecule has 1 rings (SSSR count). The van der Waals surface area contributed by atoms with E-state index in [0.717, 1.165) is 16.9 Å². The maximum atomic E-state index is 7.08. The number of benzene rings is 1. The van der Waals surface area contributed by atoms with Crippen molar-refractivity contribution in [3.05, 3.63) is 28.3 Å². The Morgan fingerprint density at radius 3 is 2.40 bits per heavy atom. The summed E-state index contributed by atoms with van der Waals surface area (Å²) in [6, 6.07) is 3.72. The SMILES string of the molecule is Cc1cc(Cl)cc(C)c1OCCC(=N)N. The standard InChI is InChI=1S/C11H15ClN2O/c1-7-5-9(12)6-8(2)11(7)15-4-3-10(13)14/h5-6H,3-4H2,1-2H3,(H3,13,14). The minimum Gasteiger partial charge on any atom is -0.493 e. The molecule has 0 aromatic heterocycles. The summed E-state index contributed by atoms with van der Waals surface area (Å²) in [5.74, 6) is 0.972. The molecule has 0 unspecified atom stereocenters. The highest BCUT2D eigenvalue weighted by Gasteiger charge is 2.05. The number of rotatable bonds is 4. The Morgan fingerprint density at radius 2 is 1.93 bits per heavy atom. The topological polar surface area (TPSA) is 59.1 Å². The predicted molar refractivity (Wildman–Crippen MR) is 63.0 cm³/mol. The molecule has 0 aliphatic carbocycles. The molecule has 0 heterocycles. The first-order valence-corrected chi connectivity index (χ1v) is 5.11. The van der Waals surface area contributed by atoms with Crippen molar-refractivity contribution in [3.8, 4) is 5.75 Å². The van der Waals surface area contributed by atoms with Crippen molar-refractivity contribution in [1.29, 1.82) is 5.41 Å². The Bertz CT molecular complexity index is 354. The molecule has 1 aromatic carbocycles. The summed E-state index contributed by atoms with van der Waals surface area (Å²) in [6.45, 7) is 4.32. The molecule has 0 atom stereocenters. The first-order valence-electron chi connectivity index (χ1n) is 4.73. The zero-order chi connectivity index (χ0) is 11.4. The van der Waals surface area contributed by atoms with Crippen LogP contribution >= 0.6 is 11.6 Å². The summed E-state index contributed by atoms with van der Waals surface area (Å²) in [6.07, 6.45) is 0.446. The van der Waals surface area contributed by atoms with Crippen LogP contribution in [0.2, 0.25) is 5.02 Å². The van der Waals surface area contributed by atoms with E-state index in [-0.39, 0.29) is 5.84 Å². The van der Waals surface area contributed by atoms with E-state index in [1.807, 2.05) is 26.0 Å². The second kappa shape index (κ2) is 5.03. The maximum absolute atomic E-state index is 7.08. The summed E-state index contributed by atoms with van der Waals surface area (Å²) in [4.78, 5) is 0. The van der Waals surface area contributed by atoms with Gasteiger partial charge in [-0.25, -0.2) is 0 Å². The number of halogens is 1. The van der Waals surface area contributed by atoms with Gasteiger partial charge in [0, 0.05) is 11.4 Å². The van der Waals surface area contributed by atoms with E-state index in [2.05, 4.69) is 0 Å². The lowest BCUT2D eigenvalue weighted by molar-refractivity contribution is 0.324. The second-order valence-corrected chi connectivity index (χ2v) is 3.93. The molecule has 82 valence electrons. The molecule has 0 spiro atoms. The van der Waals surface area contributed by atoms with Gasteiger partial charge < -0.3 is 10.5 Å². The van der Waals surface area contributed by atoms with Crippen molar-refractivity contribution >= 4 is 17.4 Å². The number of amidine groups is 1. The minimum atomic E-state index is 0.138. The Kier molecular flexibility index (Phi) is 3.97. The predicted octanol–water partition coefficient (Wildman–Crippen LogP) is 2.66. The first-order chi connectivity index (χ1) is 7.00.